The molecule has 2 aromatic carbocycles. The van der Waals surface area contributed by atoms with Crippen molar-refractivity contribution in [3.05, 3.63) is 72.1 Å². The molecule has 370 valence electrons. The monoisotopic (exact) mass is 932 g/mol. The van der Waals surface area contributed by atoms with Crippen molar-refractivity contribution in [2.24, 2.45) is 23.7 Å². The van der Waals surface area contributed by atoms with Crippen LogP contribution in [0.4, 0.5) is 4.79 Å². The third-order valence-electron chi connectivity index (χ3n) is 12.8. The van der Waals surface area contributed by atoms with E-state index in [2.05, 4.69) is 20.8 Å². The van der Waals surface area contributed by atoms with Gasteiger partial charge in [0.2, 0.25) is 35.4 Å². The van der Waals surface area contributed by atoms with Gasteiger partial charge in [-0.1, -0.05) is 103 Å². The number of likely N-dealkylation sites (N-methyl/N-ethyl adjacent to an activating group) is 2. The van der Waals surface area contributed by atoms with Gasteiger partial charge in [0.1, 0.15) is 23.7 Å². The summed E-state index contributed by atoms with van der Waals surface area (Å²) in [6.07, 6.45) is 0.384. The van der Waals surface area contributed by atoms with Crippen molar-refractivity contribution in [1.29, 1.82) is 0 Å². The number of ether oxygens (including phenoxy) is 3. The van der Waals surface area contributed by atoms with Crippen LogP contribution in [-0.2, 0) is 39.8 Å². The Bertz CT molecular complexity index is 2060. The van der Waals surface area contributed by atoms with Gasteiger partial charge in [-0.15, -0.1) is 10.2 Å². The molecule has 1 fully saturated rings. The van der Waals surface area contributed by atoms with Crippen molar-refractivity contribution in [2.45, 2.75) is 149 Å². The van der Waals surface area contributed by atoms with Crippen molar-refractivity contribution in [1.82, 2.24) is 35.5 Å². The summed E-state index contributed by atoms with van der Waals surface area (Å²) in [6.45, 7) is 18.9. The zero-order chi connectivity index (χ0) is 49.7. The standard InChI is InChI=1S/C51H77N7O9/c1-15-33(6)43(56(11)49(62)41(31(2)3)53-46(61)42(32(4)5)57(12)50(63)67-51(8,9)10)39(64-13)30-40(59)58-28-22-27-38(58)44(65-14)34(7)45(60)52-37(29-35-23-18-16-19-24-35)48-55-54-47(66-48)36-25-20-17-21-26-36/h16-21,23-26,31-34,37-39,41-44H,15,22,27-30H2,1-14H3,(H,52,60)(H,53,61)/t33-,34+,37+,38-,39+,41-,42-,43-,44+/m0/s1. The van der Waals surface area contributed by atoms with Crippen molar-refractivity contribution in [3.63, 3.8) is 0 Å². The number of methoxy groups -OCH3 is 2. The average Bonchev–Trinajstić information content (AvgIpc) is 3.99. The number of carbonyl (C=O) groups excluding carboxylic acids is 5. The molecule has 9 atom stereocenters. The van der Waals surface area contributed by atoms with Gasteiger partial charge >= 0.3 is 6.09 Å². The van der Waals surface area contributed by atoms with Gasteiger partial charge < -0.3 is 39.1 Å². The number of hydrogen-bond donors (Lipinski definition) is 2. The zero-order valence-electron chi connectivity index (χ0n) is 42.3. The van der Waals surface area contributed by atoms with Gasteiger partial charge in [-0.3, -0.25) is 24.1 Å². The Morgan fingerprint density at radius 2 is 1.46 bits per heavy atom. The Morgan fingerprint density at radius 3 is 2.01 bits per heavy atom. The van der Waals surface area contributed by atoms with Crippen LogP contribution in [0.3, 0.4) is 0 Å². The molecule has 0 radical (unpaired) electrons. The van der Waals surface area contributed by atoms with Crippen LogP contribution in [0.25, 0.3) is 11.5 Å². The number of aromatic nitrogens is 2. The molecule has 4 rings (SSSR count). The minimum absolute atomic E-state index is 0.0362. The van der Waals surface area contributed by atoms with Gasteiger partial charge in [0.25, 0.3) is 0 Å². The normalized spacial score (nSPS) is 17.7. The highest BCUT2D eigenvalue weighted by Crippen LogP contribution is 2.31. The van der Waals surface area contributed by atoms with Gasteiger partial charge in [-0.25, -0.2) is 4.79 Å². The highest BCUT2D eigenvalue weighted by Gasteiger charge is 2.44. The lowest BCUT2D eigenvalue weighted by molar-refractivity contribution is -0.148. The summed E-state index contributed by atoms with van der Waals surface area (Å²) in [6, 6.07) is 15.7. The largest absolute Gasteiger partial charge is 0.444 e. The van der Waals surface area contributed by atoms with E-state index in [1.54, 1.807) is 51.7 Å². The molecule has 0 spiro atoms. The van der Waals surface area contributed by atoms with Crippen LogP contribution in [0, 0.1) is 23.7 Å². The summed E-state index contributed by atoms with van der Waals surface area (Å²) in [4.78, 5) is 75.0. The second-order valence-corrected chi connectivity index (χ2v) is 19.7. The molecule has 1 aliphatic rings. The molecule has 16 nitrogen and oxygen atoms in total. The fourth-order valence-electron chi connectivity index (χ4n) is 9.08. The van der Waals surface area contributed by atoms with Gasteiger partial charge in [0, 0.05) is 46.8 Å². The summed E-state index contributed by atoms with van der Waals surface area (Å²) >= 11 is 0. The number of nitrogens with zero attached hydrogens (tertiary/aromatic N) is 5. The zero-order valence-corrected chi connectivity index (χ0v) is 42.3. The number of carbonyl (C=O) groups is 5. The summed E-state index contributed by atoms with van der Waals surface area (Å²) in [7, 11) is 6.30. The Morgan fingerprint density at radius 1 is 0.836 bits per heavy atom. The molecule has 3 aromatic rings. The predicted octanol–water partition coefficient (Wildman–Crippen LogP) is 7.09. The van der Waals surface area contributed by atoms with Gasteiger partial charge in [0.05, 0.1) is 36.6 Å². The smallest absolute Gasteiger partial charge is 0.410 e. The highest BCUT2D eigenvalue weighted by atomic mass is 16.6. The van der Waals surface area contributed by atoms with E-state index in [1.165, 1.54) is 19.1 Å². The Labute approximate surface area is 398 Å². The first kappa shape index (κ1) is 54.3. The molecule has 0 saturated carbocycles. The number of benzene rings is 2. The van der Waals surface area contributed by atoms with Gasteiger partial charge in [-0.2, -0.15) is 0 Å². The minimum atomic E-state index is -0.943. The first-order valence-corrected chi connectivity index (χ1v) is 23.7. The molecular formula is C51H77N7O9. The minimum Gasteiger partial charge on any atom is -0.444 e. The summed E-state index contributed by atoms with van der Waals surface area (Å²) in [5, 5.41) is 14.8. The predicted molar refractivity (Wildman–Crippen MR) is 256 cm³/mol. The molecule has 1 aromatic heterocycles. The maximum atomic E-state index is 14.6. The lowest BCUT2D eigenvalue weighted by Crippen LogP contribution is -2.60. The summed E-state index contributed by atoms with van der Waals surface area (Å²) < 4.78 is 23.9. The van der Waals surface area contributed by atoms with E-state index in [0.717, 1.165) is 11.1 Å². The Hall–Kier alpha value is -5.35. The molecular weight excluding hydrogens is 855 g/mol. The van der Waals surface area contributed by atoms with E-state index < -0.39 is 65.9 Å². The second-order valence-electron chi connectivity index (χ2n) is 19.7. The fraction of sp³-hybridized carbons (Fsp3) is 0.627. The van der Waals surface area contributed by atoms with Crippen LogP contribution in [0.1, 0.15) is 112 Å². The third-order valence-corrected chi connectivity index (χ3v) is 12.8. The lowest BCUT2D eigenvalue weighted by Gasteiger charge is -2.41. The first-order chi connectivity index (χ1) is 31.6. The summed E-state index contributed by atoms with van der Waals surface area (Å²) in [5.41, 5.74) is 0.972. The molecule has 5 amide bonds. The van der Waals surface area contributed by atoms with Crippen LogP contribution in [0.15, 0.2) is 65.1 Å². The SMILES string of the molecule is CC[C@H](C)[C@@H]([C@@H](CC(=O)N1CCC[C@H]1[C@H](OC)[C@@H](C)C(=O)N[C@H](Cc1ccccc1)c1nnc(-c2ccccc2)o1)OC)N(C)C(=O)[C@@H](NC(=O)[C@H](C(C)C)N(C)C(=O)OC(C)(C)C)C(C)C. The molecule has 67 heavy (non-hydrogen) atoms. The molecule has 0 bridgehead atoms. The summed E-state index contributed by atoms with van der Waals surface area (Å²) in [5.74, 6) is -2.07. The average molecular weight is 932 g/mol. The second kappa shape index (κ2) is 24.6. The van der Waals surface area contributed by atoms with E-state index in [1.807, 2.05) is 102 Å². The van der Waals surface area contributed by atoms with E-state index in [9.17, 15) is 24.0 Å². The molecule has 2 heterocycles. The lowest BCUT2D eigenvalue weighted by atomic mass is 9.89. The van der Waals surface area contributed by atoms with Crippen molar-refractivity contribution < 1.29 is 42.6 Å². The van der Waals surface area contributed by atoms with Crippen LogP contribution < -0.4 is 10.6 Å². The molecule has 16 heteroatoms. The number of rotatable bonds is 22. The van der Waals surface area contributed by atoms with Crippen LogP contribution in [0.2, 0.25) is 0 Å². The molecule has 2 N–H and O–H groups in total. The molecule has 0 aliphatic carbocycles. The maximum Gasteiger partial charge on any atom is 0.410 e. The van der Waals surface area contributed by atoms with Crippen LogP contribution in [0.5, 0.6) is 0 Å². The van der Waals surface area contributed by atoms with E-state index in [4.69, 9.17) is 18.6 Å². The highest BCUT2D eigenvalue weighted by molar-refractivity contribution is 5.92. The van der Waals surface area contributed by atoms with Crippen LogP contribution in [-0.4, -0.2) is 131 Å². The molecule has 1 saturated heterocycles. The number of hydrogen-bond acceptors (Lipinski definition) is 11. The van der Waals surface area contributed by atoms with Gasteiger partial charge in [-0.05, 0) is 69.1 Å². The van der Waals surface area contributed by atoms with E-state index in [-0.39, 0.29) is 47.8 Å². The van der Waals surface area contributed by atoms with E-state index >= 15 is 0 Å². The Kier molecular flexibility index (Phi) is 19.9. The topological polar surface area (TPSA) is 186 Å². The molecule has 1 aliphatic heterocycles. The van der Waals surface area contributed by atoms with Crippen molar-refractivity contribution in [2.75, 3.05) is 34.9 Å². The third kappa shape index (κ3) is 14.3. The molecule has 0 unspecified atom stereocenters. The van der Waals surface area contributed by atoms with Crippen LogP contribution >= 0.6 is 0 Å². The van der Waals surface area contributed by atoms with Gasteiger partial charge in [0.15, 0.2) is 0 Å². The number of likely N-dealkylation sites (tertiary alicyclic amines) is 1. The number of amides is 5. The quantitative estimate of drug-likeness (QED) is 0.105. The maximum absolute atomic E-state index is 14.6. The number of nitrogens with one attached hydrogen (secondary N) is 2. The van der Waals surface area contributed by atoms with Crippen molar-refractivity contribution in [3.8, 4) is 11.5 Å². The fourth-order valence-corrected chi connectivity index (χ4v) is 9.08. The Balaban J connectivity index is 1.52. The van der Waals surface area contributed by atoms with Crippen molar-refractivity contribution >= 4 is 29.7 Å². The first-order valence-electron chi connectivity index (χ1n) is 23.7. The van der Waals surface area contributed by atoms with E-state index in [0.29, 0.717) is 38.1 Å².